The van der Waals surface area contributed by atoms with Gasteiger partial charge in [-0.2, -0.15) is 13.6 Å². The molecule has 21 heteroatoms. The summed E-state index contributed by atoms with van der Waals surface area (Å²) in [5.41, 5.74) is -4.87. The quantitative estimate of drug-likeness (QED) is 0.135. The number of rotatable bonds is 8. The van der Waals surface area contributed by atoms with Crippen LogP contribution in [0.25, 0.3) is 0 Å². The Balaban J connectivity index is 2.28. The van der Waals surface area contributed by atoms with Crippen LogP contribution in [0, 0.1) is 12.3 Å². The van der Waals surface area contributed by atoms with Crippen LogP contribution in [0.5, 0.6) is 0 Å². The molecule has 1 aliphatic heterocycles. The summed E-state index contributed by atoms with van der Waals surface area (Å²) in [5, 5.41) is 21.0. The van der Waals surface area contributed by atoms with Crippen LogP contribution in [-0.4, -0.2) is 68.2 Å². The van der Waals surface area contributed by atoms with E-state index < -0.39 is 65.0 Å². The molecule has 0 saturated carbocycles. The third kappa shape index (κ3) is 6.07. The molecule has 0 amide bonds. The lowest BCUT2D eigenvalue weighted by Gasteiger charge is -2.26. The summed E-state index contributed by atoms with van der Waals surface area (Å²) in [7, 11) is -17.1. The molecule has 0 spiro atoms. The first-order chi connectivity index (χ1) is 14.4. The van der Waals surface area contributed by atoms with Crippen LogP contribution in [0.3, 0.4) is 0 Å². The first kappa shape index (κ1) is 26.7. The number of phosphoric acid groups is 3. The van der Waals surface area contributed by atoms with Crippen LogP contribution < -0.4 is 11.4 Å². The van der Waals surface area contributed by atoms with Gasteiger partial charge < -0.3 is 34.5 Å². The minimum atomic E-state index is -5.81. The minimum Gasteiger partial charge on any atom is -0.386 e. The van der Waals surface area contributed by atoms with Gasteiger partial charge in [-0.15, -0.1) is 6.42 Å². The van der Waals surface area contributed by atoms with Gasteiger partial charge in [0.25, 0.3) is 0 Å². The van der Waals surface area contributed by atoms with E-state index in [9.17, 15) is 38.4 Å². The van der Waals surface area contributed by atoms with Gasteiger partial charge in [-0.3, -0.25) is 14.1 Å². The second-order valence-electron chi connectivity index (χ2n) is 6.16. The molecule has 1 aromatic rings. The number of H-pyrrole nitrogens is 1. The molecule has 1 aromatic heterocycles. The Hall–Kier alpha value is -1.54. The van der Waals surface area contributed by atoms with Crippen LogP contribution in [0.2, 0.25) is 0 Å². The predicted molar refractivity (Wildman–Crippen MR) is 97.2 cm³/mol. The van der Waals surface area contributed by atoms with Gasteiger partial charge >= 0.3 is 34.8 Å². The number of aliphatic hydroxyl groups excluding tert-OH is 1. The Bertz CT molecular complexity index is 1170. The van der Waals surface area contributed by atoms with E-state index in [0.29, 0.717) is 10.9 Å². The summed E-state index contributed by atoms with van der Waals surface area (Å²) < 4.78 is 51.4. The Kier molecular flexibility index (Phi) is 7.52. The Morgan fingerprint density at radius 2 is 1.84 bits per heavy atom. The number of hydrogen-bond acceptors (Lipinski definition) is 12. The maximum Gasteiger partial charge on any atom is 0.490 e. The lowest BCUT2D eigenvalue weighted by Crippen LogP contribution is -2.49. The van der Waals surface area contributed by atoms with Gasteiger partial charge in [-0.1, -0.05) is 5.92 Å². The third-order valence-electron chi connectivity index (χ3n) is 3.83. The summed E-state index contributed by atoms with van der Waals surface area (Å²) in [6, 6.07) is 0. The number of aromatic nitrogens is 3. The zero-order valence-electron chi connectivity index (χ0n) is 15.6. The SMILES string of the molecule is C#CC1(O)[C@@H](O)[C@@H]([C@@H](C)OP(=O)(O)OP(=O)(O)OP(=O)(O)O)O[C@H]1n1cnc(=O)[nH]c1=O. The minimum absolute atomic E-state index is 0.502. The maximum absolute atomic E-state index is 12.0. The van der Waals surface area contributed by atoms with E-state index in [4.69, 9.17) is 25.8 Å². The van der Waals surface area contributed by atoms with Crippen LogP contribution in [0.4, 0.5) is 0 Å². The fourth-order valence-electron chi connectivity index (χ4n) is 2.62. The van der Waals surface area contributed by atoms with Gasteiger partial charge in [0.2, 0.25) is 0 Å². The third-order valence-corrected chi connectivity index (χ3v) is 7.76. The lowest BCUT2D eigenvalue weighted by molar-refractivity contribution is -0.0874. The predicted octanol–water partition coefficient (Wildman–Crippen LogP) is -2.71. The van der Waals surface area contributed by atoms with Gasteiger partial charge in [0.05, 0.1) is 6.10 Å². The molecule has 0 radical (unpaired) electrons. The van der Waals surface area contributed by atoms with Crippen molar-refractivity contribution in [2.75, 3.05) is 0 Å². The molecule has 1 saturated heterocycles. The number of aromatic amines is 1. The second-order valence-corrected chi connectivity index (χ2v) is 10.5. The Morgan fingerprint density at radius 1 is 1.25 bits per heavy atom. The van der Waals surface area contributed by atoms with Gasteiger partial charge in [-0.25, -0.2) is 23.3 Å². The van der Waals surface area contributed by atoms with E-state index in [0.717, 1.165) is 6.92 Å². The van der Waals surface area contributed by atoms with E-state index in [1.807, 2.05) is 0 Å². The van der Waals surface area contributed by atoms with Crippen molar-refractivity contribution in [2.45, 2.75) is 37.1 Å². The average Bonchev–Trinajstić information content (AvgIpc) is 2.84. The van der Waals surface area contributed by atoms with E-state index in [-0.39, 0.29) is 0 Å². The maximum atomic E-state index is 12.0. The summed E-state index contributed by atoms with van der Waals surface area (Å²) in [6.45, 7) is 0.944. The van der Waals surface area contributed by atoms with Crippen LogP contribution >= 0.6 is 23.5 Å². The average molecular weight is 523 g/mol. The fraction of sp³-hybridized carbons (Fsp3) is 0.545. The van der Waals surface area contributed by atoms with Crippen LogP contribution in [-0.2, 0) is 31.6 Å². The van der Waals surface area contributed by atoms with Crippen molar-refractivity contribution in [3.8, 4) is 12.3 Å². The molecule has 0 aliphatic carbocycles. The molecule has 180 valence electrons. The van der Waals surface area contributed by atoms with Crippen molar-refractivity contribution >= 4 is 23.5 Å². The van der Waals surface area contributed by atoms with E-state index in [1.54, 1.807) is 10.9 Å². The van der Waals surface area contributed by atoms with Crippen molar-refractivity contribution in [3.05, 3.63) is 27.3 Å². The number of terminal acetylenes is 1. The standard InChI is InChI=1S/C11H16N3O15P3/c1-3-11(18)7(15)6(26-8(11)14-4-12-9(16)13-10(14)17)5(2)27-31(22,23)29-32(24,25)28-30(19,20)21/h1,4-8,15,18H,2H3,(H,22,23)(H,24,25)(H,13,16,17)(H2,19,20,21)/t5-,6-,7+,8-,11?/m1/s1. The zero-order valence-corrected chi connectivity index (χ0v) is 18.2. The first-order valence-electron chi connectivity index (χ1n) is 7.94. The highest BCUT2D eigenvalue weighted by Crippen LogP contribution is 2.66. The normalized spacial score (nSPS) is 30.8. The second kappa shape index (κ2) is 9.01. The highest BCUT2D eigenvalue weighted by atomic mass is 31.3. The Morgan fingerprint density at radius 3 is 2.34 bits per heavy atom. The molecular weight excluding hydrogens is 507 g/mol. The van der Waals surface area contributed by atoms with Gasteiger partial charge in [0, 0.05) is 0 Å². The molecule has 3 unspecified atom stereocenters. The molecule has 1 fully saturated rings. The molecule has 2 heterocycles. The largest absolute Gasteiger partial charge is 0.490 e. The molecule has 1 aliphatic rings. The first-order valence-corrected chi connectivity index (χ1v) is 12.5. The van der Waals surface area contributed by atoms with Crippen LogP contribution in [0.15, 0.2) is 15.9 Å². The molecule has 18 nitrogen and oxygen atoms in total. The van der Waals surface area contributed by atoms with E-state index in [2.05, 4.69) is 18.1 Å². The smallest absolute Gasteiger partial charge is 0.386 e. The topological polar surface area (TPSA) is 277 Å². The van der Waals surface area contributed by atoms with Gasteiger partial charge in [-0.05, 0) is 6.92 Å². The number of ether oxygens (including phenoxy) is 1. The van der Waals surface area contributed by atoms with Gasteiger partial charge in [0.15, 0.2) is 11.8 Å². The highest BCUT2D eigenvalue weighted by molar-refractivity contribution is 7.66. The number of aliphatic hydroxyl groups is 2. The fourth-order valence-corrected chi connectivity index (χ4v) is 5.82. The number of phosphoric ester groups is 1. The van der Waals surface area contributed by atoms with Crippen molar-refractivity contribution < 1.29 is 61.4 Å². The highest BCUT2D eigenvalue weighted by Gasteiger charge is 2.58. The molecule has 0 bridgehead atoms. The monoisotopic (exact) mass is 523 g/mol. The molecule has 7 N–H and O–H groups in total. The van der Waals surface area contributed by atoms with Crippen molar-refractivity contribution in [1.29, 1.82) is 0 Å². The molecule has 2 rings (SSSR count). The zero-order chi connectivity index (χ0) is 24.7. The van der Waals surface area contributed by atoms with E-state index >= 15 is 0 Å². The van der Waals surface area contributed by atoms with Gasteiger partial charge in [0.1, 0.15) is 18.5 Å². The number of hydrogen-bond donors (Lipinski definition) is 7. The molecule has 7 atom stereocenters. The number of nitrogens with zero attached hydrogens (tertiary/aromatic N) is 2. The molecule has 32 heavy (non-hydrogen) atoms. The summed E-state index contributed by atoms with van der Waals surface area (Å²) in [4.78, 5) is 63.9. The van der Waals surface area contributed by atoms with E-state index in [1.165, 1.54) is 0 Å². The van der Waals surface area contributed by atoms with Crippen molar-refractivity contribution in [2.24, 2.45) is 0 Å². The summed E-state index contributed by atoms with van der Waals surface area (Å²) in [6.07, 6.45) is -1.74. The van der Waals surface area contributed by atoms with Crippen molar-refractivity contribution in [3.63, 3.8) is 0 Å². The van der Waals surface area contributed by atoms with Crippen LogP contribution in [0.1, 0.15) is 13.2 Å². The summed E-state index contributed by atoms with van der Waals surface area (Å²) in [5.74, 6) is 1.78. The molecule has 0 aromatic carbocycles. The molecular formula is C11H16N3O15P3. The summed E-state index contributed by atoms with van der Waals surface area (Å²) >= 11 is 0. The van der Waals surface area contributed by atoms with Crippen molar-refractivity contribution in [1.82, 2.24) is 14.5 Å². The Labute approximate surface area is 176 Å². The lowest BCUT2D eigenvalue weighted by atomic mass is 9.93. The number of nitrogens with one attached hydrogen (secondary N) is 1.